The van der Waals surface area contributed by atoms with Crippen LogP contribution in [0.25, 0.3) is 6.08 Å². The molecule has 0 radical (unpaired) electrons. The highest BCUT2D eigenvalue weighted by Gasteiger charge is 2.00. The number of carbonyl (C=O) groups is 1. The van der Waals surface area contributed by atoms with Crippen LogP contribution in [0.1, 0.15) is 16.7 Å². The van der Waals surface area contributed by atoms with Gasteiger partial charge in [0, 0.05) is 11.8 Å². The van der Waals surface area contributed by atoms with Crippen molar-refractivity contribution in [1.82, 2.24) is 0 Å². The first-order valence-corrected chi connectivity index (χ1v) is 8.52. The molecule has 0 heterocycles. The van der Waals surface area contributed by atoms with Crippen molar-refractivity contribution in [3.05, 3.63) is 102 Å². The summed E-state index contributed by atoms with van der Waals surface area (Å²) in [5, 5.41) is 2.88. The minimum absolute atomic E-state index is 0.149. The Morgan fingerprint density at radius 2 is 1.62 bits per heavy atom. The lowest BCUT2D eigenvalue weighted by Gasteiger charge is -2.06. The zero-order valence-corrected chi connectivity index (χ0v) is 14.7. The maximum Gasteiger partial charge on any atom is 0.248 e. The number of anilines is 1. The highest BCUT2D eigenvalue weighted by molar-refractivity contribution is 6.02. The fourth-order valence-corrected chi connectivity index (χ4v) is 2.48. The van der Waals surface area contributed by atoms with Crippen LogP contribution < -0.4 is 10.1 Å². The summed E-state index contributed by atoms with van der Waals surface area (Å²) in [4.78, 5) is 12.0. The SMILES string of the molecule is Cc1ccccc1NC(=O)C=Cc1ccc(OCc2ccccc2)cc1. The van der Waals surface area contributed by atoms with E-state index in [0.29, 0.717) is 6.61 Å². The maximum absolute atomic E-state index is 12.0. The number of benzene rings is 3. The zero-order valence-electron chi connectivity index (χ0n) is 14.7. The molecule has 0 aliphatic heterocycles. The smallest absolute Gasteiger partial charge is 0.248 e. The Labute approximate surface area is 154 Å². The summed E-state index contributed by atoms with van der Waals surface area (Å²) in [5.41, 5.74) is 3.93. The van der Waals surface area contributed by atoms with Crippen LogP contribution in [-0.4, -0.2) is 5.91 Å². The van der Waals surface area contributed by atoms with E-state index in [1.807, 2.05) is 85.8 Å². The average Bonchev–Trinajstić information content (AvgIpc) is 2.68. The highest BCUT2D eigenvalue weighted by Crippen LogP contribution is 2.16. The van der Waals surface area contributed by atoms with Crippen molar-refractivity contribution < 1.29 is 9.53 Å². The molecule has 3 heteroatoms. The van der Waals surface area contributed by atoms with Crippen molar-refractivity contribution in [3.63, 3.8) is 0 Å². The van der Waals surface area contributed by atoms with E-state index in [9.17, 15) is 4.79 Å². The van der Waals surface area contributed by atoms with Crippen LogP contribution in [0.4, 0.5) is 5.69 Å². The largest absolute Gasteiger partial charge is 0.489 e. The van der Waals surface area contributed by atoms with Crippen molar-refractivity contribution in [2.24, 2.45) is 0 Å². The molecule has 3 rings (SSSR count). The van der Waals surface area contributed by atoms with Crippen molar-refractivity contribution in [2.75, 3.05) is 5.32 Å². The summed E-state index contributed by atoms with van der Waals surface area (Å²) in [6.45, 7) is 2.50. The molecule has 0 bridgehead atoms. The van der Waals surface area contributed by atoms with Crippen molar-refractivity contribution >= 4 is 17.7 Å². The lowest BCUT2D eigenvalue weighted by atomic mass is 10.2. The first-order chi connectivity index (χ1) is 12.7. The molecule has 0 saturated carbocycles. The Balaban J connectivity index is 1.54. The molecular weight excluding hydrogens is 322 g/mol. The molecule has 0 fully saturated rings. The number of ether oxygens (including phenoxy) is 1. The molecule has 0 aliphatic rings. The lowest BCUT2D eigenvalue weighted by Crippen LogP contribution is -2.08. The molecule has 0 aromatic heterocycles. The van der Waals surface area contributed by atoms with E-state index >= 15 is 0 Å². The van der Waals surface area contributed by atoms with Gasteiger partial charge >= 0.3 is 0 Å². The topological polar surface area (TPSA) is 38.3 Å². The average molecular weight is 343 g/mol. The van der Waals surface area contributed by atoms with Crippen LogP contribution in [0.2, 0.25) is 0 Å². The van der Waals surface area contributed by atoms with Gasteiger partial charge in [0.2, 0.25) is 5.91 Å². The molecular formula is C23H21NO2. The van der Waals surface area contributed by atoms with Gasteiger partial charge in [-0.15, -0.1) is 0 Å². The van der Waals surface area contributed by atoms with E-state index in [-0.39, 0.29) is 5.91 Å². The normalized spacial score (nSPS) is 10.7. The molecule has 26 heavy (non-hydrogen) atoms. The third kappa shape index (κ3) is 5.08. The molecule has 0 spiro atoms. The second-order valence-corrected chi connectivity index (χ2v) is 5.98. The van der Waals surface area contributed by atoms with Gasteiger partial charge in [-0.2, -0.15) is 0 Å². The maximum atomic E-state index is 12.0. The van der Waals surface area contributed by atoms with Crippen molar-refractivity contribution in [1.29, 1.82) is 0 Å². The molecule has 1 N–H and O–H groups in total. The molecule has 0 aliphatic carbocycles. The number of rotatable bonds is 6. The van der Waals surface area contributed by atoms with Gasteiger partial charge in [-0.25, -0.2) is 0 Å². The van der Waals surface area contributed by atoms with Gasteiger partial charge in [0.15, 0.2) is 0 Å². The third-order valence-electron chi connectivity index (χ3n) is 3.96. The summed E-state index contributed by atoms with van der Waals surface area (Å²) in [6, 6.07) is 25.4. The number of para-hydroxylation sites is 1. The highest BCUT2D eigenvalue weighted by atomic mass is 16.5. The Kier molecular flexibility index (Phi) is 5.84. The second kappa shape index (κ2) is 8.67. The number of amides is 1. The van der Waals surface area contributed by atoms with E-state index in [2.05, 4.69) is 5.32 Å². The van der Waals surface area contributed by atoms with Crippen LogP contribution in [-0.2, 0) is 11.4 Å². The van der Waals surface area contributed by atoms with Crippen LogP contribution in [0.15, 0.2) is 84.9 Å². The van der Waals surface area contributed by atoms with Gasteiger partial charge < -0.3 is 10.1 Å². The van der Waals surface area contributed by atoms with Crippen LogP contribution in [0, 0.1) is 6.92 Å². The zero-order chi connectivity index (χ0) is 18.2. The number of aryl methyl sites for hydroxylation is 1. The molecule has 1 amide bonds. The van der Waals surface area contributed by atoms with E-state index in [1.165, 1.54) is 6.08 Å². The standard InChI is InChI=1S/C23H21NO2/c1-18-7-5-6-10-22(18)24-23(25)16-13-19-11-14-21(15-12-19)26-17-20-8-3-2-4-9-20/h2-16H,17H2,1H3,(H,24,25). The summed E-state index contributed by atoms with van der Waals surface area (Å²) in [6.07, 6.45) is 3.32. The Hall–Kier alpha value is -3.33. The summed E-state index contributed by atoms with van der Waals surface area (Å²) in [5.74, 6) is 0.652. The first-order valence-electron chi connectivity index (χ1n) is 8.52. The predicted octanol–water partition coefficient (Wildman–Crippen LogP) is 5.23. The molecule has 130 valence electrons. The summed E-state index contributed by atoms with van der Waals surface area (Å²) >= 11 is 0. The van der Waals surface area contributed by atoms with Gasteiger partial charge in [-0.05, 0) is 47.9 Å². The van der Waals surface area contributed by atoms with Gasteiger partial charge in [-0.3, -0.25) is 4.79 Å². The molecule has 3 aromatic carbocycles. The van der Waals surface area contributed by atoms with Crippen molar-refractivity contribution in [3.8, 4) is 5.75 Å². The minimum atomic E-state index is -0.149. The fourth-order valence-electron chi connectivity index (χ4n) is 2.48. The number of hydrogen-bond donors (Lipinski definition) is 1. The van der Waals surface area contributed by atoms with Crippen molar-refractivity contribution in [2.45, 2.75) is 13.5 Å². The van der Waals surface area contributed by atoms with E-state index in [4.69, 9.17) is 4.74 Å². The molecule has 0 saturated heterocycles. The number of hydrogen-bond acceptors (Lipinski definition) is 2. The Morgan fingerprint density at radius 1 is 0.923 bits per heavy atom. The number of nitrogens with one attached hydrogen (secondary N) is 1. The van der Waals surface area contributed by atoms with Gasteiger partial charge in [0.05, 0.1) is 0 Å². The van der Waals surface area contributed by atoms with E-state index in [1.54, 1.807) is 6.08 Å². The van der Waals surface area contributed by atoms with Crippen LogP contribution in [0.5, 0.6) is 5.75 Å². The van der Waals surface area contributed by atoms with Crippen LogP contribution in [0.3, 0.4) is 0 Å². The Bertz CT molecular complexity index is 884. The van der Waals surface area contributed by atoms with Gasteiger partial charge in [0.25, 0.3) is 0 Å². The van der Waals surface area contributed by atoms with E-state index < -0.39 is 0 Å². The summed E-state index contributed by atoms with van der Waals surface area (Å²) < 4.78 is 5.76. The molecule has 0 atom stereocenters. The molecule has 3 nitrogen and oxygen atoms in total. The lowest BCUT2D eigenvalue weighted by molar-refractivity contribution is -0.111. The third-order valence-corrected chi connectivity index (χ3v) is 3.96. The molecule has 0 unspecified atom stereocenters. The van der Waals surface area contributed by atoms with Gasteiger partial charge in [-0.1, -0.05) is 60.7 Å². The predicted molar refractivity (Wildman–Crippen MR) is 106 cm³/mol. The van der Waals surface area contributed by atoms with E-state index in [0.717, 1.165) is 28.1 Å². The molecule has 3 aromatic rings. The monoisotopic (exact) mass is 343 g/mol. The fraction of sp³-hybridized carbons (Fsp3) is 0.0870. The van der Waals surface area contributed by atoms with Crippen LogP contribution >= 0.6 is 0 Å². The second-order valence-electron chi connectivity index (χ2n) is 5.98. The van der Waals surface area contributed by atoms with Gasteiger partial charge in [0.1, 0.15) is 12.4 Å². The summed E-state index contributed by atoms with van der Waals surface area (Å²) in [7, 11) is 0. The quantitative estimate of drug-likeness (QED) is 0.623. The Morgan fingerprint density at radius 3 is 2.35 bits per heavy atom. The number of carbonyl (C=O) groups excluding carboxylic acids is 1. The minimum Gasteiger partial charge on any atom is -0.489 e. The first kappa shape index (κ1) is 17.5.